The normalized spacial score (nSPS) is 9.75. The van der Waals surface area contributed by atoms with Crippen molar-refractivity contribution in [3.63, 3.8) is 0 Å². The van der Waals surface area contributed by atoms with Crippen molar-refractivity contribution < 1.29 is 22.0 Å². The van der Waals surface area contributed by atoms with Crippen LogP contribution in [0.1, 0.15) is 0 Å². The zero-order valence-corrected chi connectivity index (χ0v) is 19.1. The molecule has 0 aromatic heterocycles. The Morgan fingerprint density at radius 1 is 0.833 bits per heavy atom. The van der Waals surface area contributed by atoms with Crippen LogP contribution in [0.25, 0.3) is 11.1 Å². The van der Waals surface area contributed by atoms with Crippen molar-refractivity contribution in [2.45, 2.75) is 0 Å². The van der Waals surface area contributed by atoms with Gasteiger partial charge in [0.2, 0.25) is 0 Å². The summed E-state index contributed by atoms with van der Waals surface area (Å²) < 4.78 is 5.10. The Labute approximate surface area is 161 Å². The van der Waals surface area contributed by atoms with Gasteiger partial charge >= 0.3 is 27.0 Å². The molecule has 2 aromatic carbocycles. The van der Waals surface area contributed by atoms with Crippen LogP contribution in [0.2, 0.25) is 0 Å². The molecule has 0 unspecified atom stereocenters. The first-order chi connectivity index (χ1) is 11.5. The zero-order valence-electron chi connectivity index (χ0n) is 15.4. The van der Waals surface area contributed by atoms with E-state index in [9.17, 15) is 0 Å². The summed E-state index contributed by atoms with van der Waals surface area (Å²) in [6.45, 7) is 2.29. The van der Waals surface area contributed by atoms with Crippen molar-refractivity contribution in [3.05, 3.63) is 54.6 Å². The fraction of sp³-hybridized carbons (Fsp3) is 0.368. The number of likely N-dealkylation sites (N-methyl/N-ethyl adjacent to an activating group) is 2. The summed E-state index contributed by atoms with van der Waals surface area (Å²) >= 11 is 0.847. The Bertz CT molecular complexity index is 511. The predicted molar refractivity (Wildman–Crippen MR) is 100 cm³/mol. The molecular weight excluding hydrogens is 373 g/mol. The molecule has 0 saturated carbocycles. The van der Waals surface area contributed by atoms with Crippen molar-refractivity contribution in [2.24, 2.45) is 0 Å². The van der Waals surface area contributed by atoms with Crippen LogP contribution in [0.15, 0.2) is 48.5 Å². The van der Waals surface area contributed by atoms with Gasteiger partial charge in [-0.1, -0.05) is 12.1 Å². The number of nitrogens with zero attached hydrogens (tertiary/aromatic N) is 2. The molecular formula is C19H27ClN2OZn. The van der Waals surface area contributed by atoms with Crippen molar-refractivity contribution >= 4 is 9.69 Å². The third-order valence-corrected chi connectivity index (χ3v) is 3.14. The predicted octanol–water partition coefficient (Wildman–Crippen LogP) is 3.96. The SMILES string of the molecule is CN(C)CCN(C)C.COc1ccc(-c2cc[c-]cc2)cc1.[Cl][Zn+]. The van der Waals surface area contributed by atoms with E-state index in [0.29, 0.717) is 0 Å². The average molecular weight is 400 g/mol. The van der Waals surface area contributed by atoms with Crippen LogP contribution >= 0.6 is 9.69 Å². The molecule has 0 atom stereocenters. The standard InChI is InChI=1S/C13H11O.C6H16N2.ClH.Zn/c1-14-13-9-7-12(8-10-13)11-5-3-2-4-6-11;1-7(2)5-6-8(3)4;;/h3-10H,1H3;5-6H2,1-4H3;1H;/q-1;;;+2/p-1. The number of hydrogen-bond acceptors (Lipinski definition) is 3. The van der Waals surface area contributed by atoms with Crippen LogP contribution in [0.3, 0.4) is 0 Å². The van der Waals surface area contributed by atoms with Crippen molar-refractivity contribution in [2.75, 3.05) is 48.4 Å². The van der Waals surface area contributed by atoms with Crippen molar-refractivity contribution in [1.29, 1.82) is 0 Å². The van der Waals surface area contributed by atoms with Crippen LogP contribution in [-0.2, 0) is 17.3 Å². The van der Waals surface area contributed by atoms with E-state index in [1.807, 2.05) is 48.5 Å². The molecule has 0 N–H and O–H groups in total. The summed E-state index contributed by atoms with van der Waals surface area (Å²) in [6.07, 6.45) is 0. The molecule has 0 heterocycles. The Morgan fingerprint density at radius 3 is 1.62 bits per heavy atom. The summed E-state index contributed by atoms with van der Waals surface area (Å²) in [5.74, 6) is 0.885. The number of benzene rings is 2. The maximum atomic E-state index is 5.10. The first-order valence-corrected chi connectivity index (χ1v) is 11.6. The van der Waals surface area contributed by atoms with Crippen molar-refractivity contribution in [3.8, 4) is 16.9 Å². The second-order valence-electron chi connectivity index (χ2n) is 5.62. The van der Waals surface area contributed by atoms with Gasteiger partial charge in [0.1, 0.15) is 5.75 Å². The number of ether oxygens (including phenoxy) is 1. The van der Waals surface area contributed by atoms with E-state index in [1.165, 1.54) is 11.1 Å². The molecule has 5 heteroatoms. The molecule has 2 aromatic rings. The third-order valence-electron chi connectivity index (χ3n) is 3.14. The van der Waals surface area contributed by atoms with Gasteiger partial charge in [-0.15, -0.1) is 5.56 Å². The van der Waals surface area contributed by atoms with Crippen LogP contribution in [0.5, 0.6) is 5.75 Å². The zero-order chi connectivity index (χ0) is 18.4. The van der Waals surface area contributed by atoms with Crippen LogP contribution in [-0.4, -0.2) is 58.2 Å². The minimum absolute atomic E-state index is 0.847. The van der Waals surface area contributed by atoms with Gasteiger partial charge in [0, 0.05) is 13.1 Å². The van der Waals surface area contributed by atoms with Gasteiger partial charge in [0.05, 0.1) is 7.11 Å². The topological polar surface area (TPSA) is 15.7 Å². The summed E-state index contributed by atoms with van der Waals surface area (Å²) in [5.41, 5.74) is 2.39. The molecule has 0 fully saturated rings. The van der Waals surface area contributed by atoms with Gasteiger partial charge in [-0.2, -0.15) is 30.3 Å². The molecule has 0 amide bonds. The fourth-order valence-corrected chi connectivity index (χ4v) is 1.76. The Kier molecular flexibility index (Phi) is 13.9. The summed E-state index contributed by atoms with van der Waals surface area (Å²) in [6, 6.07) is 18.9. The Morgan fingerprint density at radius 2 is 1.25 bits per heavy atom. The molecule has 0 radical (unpaired) electrons. The first-order valence-electron chi connectivity index (χ1n) is 7.69. The second-order valence-corrected chi connectivity index (χ2v) is 5.62. The van der Waals surface area contributed by atoms with Gasteiger partial charge < -0.3 is 14.5 Å². The molecule has 24 heavy (non-hydrogen) atoms. The molecule has 0 saturated heterocycles. The van der Waals surface area contributed by atoms with Crippen LogP contribution in [0, 0.1) is 6.07 Å². The van der Waals surface area contributed by atoms with E-state index in [1.54, 1.807) is 7.11 Å². The molecule has 128 valence electrons. The average Bonchev–Trinajstić information content (AvgIpc) is 2.63. The Hall–Kier alpha value is -0.927. The van der Waals surface area contributed by atoms with E-state index in [2.05, 4.69) is 44.1 Å². The van der Waals surface area contributed by atoms with E-state index in [4.69, 9.17) is 14.4 Å². The first kappa shape index (κ1) is 23.1. The van der Waals surface area contributed by atoms with Gasteiger partial charge in [-0.05, 0) is 45.9 Å². The number of hydrogen-bond donors (Lipinski definition) is 0. The molecule has 2 rings (SSSR count). The summed E-state index contributed by atoms with van der Waals surface area (Å²) in [7, 11) is 14.8. The summed E-state index contributed by atoms with van der Waals surface area (Å²) in [5, 5.41) is 0. The van der Waals surface area contributed by atoms with E-state index >= 15 is 0 Å². The van der Waals surface area contributed by atoms with E-state index < -0.39 is 0 Å². The molecule has 3 nitrogen and oxygen atoms in total. The monoisotopic (exact) mass is 398 g/mol. The number of methoxy groups -OCH3 is 1. The van der Waals surface area contributed by atoms with Gasteiger partial charge in [-0.3, -0.25) is 0 Å². The third kappa shape index (κ3) is 10.8. The number of halogens is 1. The molecule has 0 aliphatic carbocycles. The summed E-state index contributed by atoms with van der Waals surface area (Å²) in [4.78, 5) is 4.36. The quantitative estimate of drug-likeness (QED) is 0.558. The molecule has 0 aliphatic heterocycles. The van der Waals surface area contributed by atoms with Gasteiger partial charge in [-0.25, -0.2) is 0 Å². The fourth-order valence-electron chi connectivity index (χ4n) is 1.76. The molecule has 0 bridgehead atoms. The minimum atomic E-state index is 0.847. The van der Waals surface area contributed by atoms with Gasteiger partial charge in [0.15, 0.2) is 0 Å². The second kappa shape index (κ2) is 14.4. The van der Waals surface area contributed by atoms with E-state index in [-0.39, 0.29) is 0 Å². The maximum absolute atomic E-state index is 5.10. The number of rotatable bonds is 5. The van der Waals surface area contributed by atoms with Crippen molar-refractivity contribution in [1.82, 2.24) is 9.80 Å². The Balaban J connectivity index is 0.000000456. The molecule has 0 spiro atoms. The van der Waals surface area contributed by atoms with Crippen LogP contribution in [0.4, 0.5) is 0 Å². The molecule has 0 aliphatic rings. The van der Waals surface area contributed by atoms with E-state index in [0.717, 1.165) is 36.2 Å². The van der Waals surface area contributed by atoms with Gasteiger partial charge in [0.25, 0.3) is 0 Å². The van der Waals surface area contributed by atoms with Crippen LogP contribution < -0.4 is 4.74 Å².